The molecule has 0 unspecified atom stereocenters. The molecular formula is C24H20FN3O3. The van der Waals surface area contributed by atoms with Gasteiger partial charge in [-0.25, -0.2) is 4.39 Å². The molecule has 0 radical (unpaired) electrons. The number of nitrogens with zero attached hydrogens (tertiary/aromatic N) is 3. The number of pyridine rings is 1. The minimum atomic E-state index is -0.766. The van der Waals surface area contributed by atoms with Gasteiger partial charge in [0.2, 0.25) is 5.91 Å². The van der Waals surface area contributed by atoms with Crippen LogP contribution in [0, 0.1) is 5.82 Å². The fourth-order valence-corrected chi connectivity index (χ4v) is 3.82. The van der Waals surface area contributed by atoms with Gasteiger partial charge in [0, 0.05) is 31.5 Å². The Morgan fingerprint density at radius 3 is 2.48 bits per heavy atom. The largest absolute Gasteiger partial charge is 0.322 e. The summed E-state index contributed by atoms with van der Waals surface area (Å²) < 4.78 is 13.9. The molecule has 0 spiro atoms. The maximum absolute atomic E-state index is 13.9. The van der Waals surface area contributed by atoms with Crippen LogP contribution in [0.4, 0.5) is 10.1 Å². The number of halogens is 1. The summed E-state index contributed by atoms with van der Waals surface area (Å²) in [6, 6.07) is 12.2. The molecule has 156 valence electrons. The van der Waals surface area contributed by atoms with Crippen LogP contribution in [0.25, 0.3) is 11.1 Å². The number of amides is 2. The lowest BCUT2D eigenvalue weighted by Gasteiger charge is -2.27. The zero-order valence-electron chi connectivity index (χ0n) is 17.1. The Bertz CT molecular complexity index is 1180. The van der Waals surface area contributed by atoms with Gasteiger partial charge in [0.25, 0.3) is 5.91 Å². The van der Waals surface area contributed by atoms with Gasteiger partial charge in [-0.15, -0.1) is 0 Å². The van der Waals surface area contributed by atoms with Crippen LogP contribution in [-0.4, -0.2) is 41.1 Å². The third kappa shape index (κ3) is 3.82. The molecule has 2 amide bonds. The molecule has 1 atom stereocenters. The maximum Gasteiger partial charge on any atom is 0.256 e. The highest BCUT2D eigenvalue weighted by Crippen LogP contribution is 2.32. The molecule has 0 fully saturated rings. The van der Waals surface area contributed by atoms with E-state index in [1.165, 1.54) is 21.9 Å². The van der Waals surface area contributed by atoms with Gasteiger partial charge in [0.1, 0.15) is 18.1 Å². The Hall–Kier alpha value is -3.87. The smallest absolute Gasteiger partial charge is 0.256 e. The van der Waals surface area contributed by atoms with Crippen molar-refractivity contribution in [3.63, 3.8) is 0 Å². The topological polar surface area (TPSA) is 70.6 Å². The Morgan fingerprint density at radius 2 is 1.77 bits per heavy atom. The predicted octanol–water partition coefficient (Wildman–Crippen LogP) is 3.71. The van der Waals surface area contributed by atoms with E-state index in [4.69, 9.17) is 0 Å². The number of likely N-dealkylation sites (N-methyl/N-ethyl adjacent to an activating group) is 1. The van der Waals surface area contributed by atoms with Crippen molar-refractivity contribution in [1.82, 2.24) is 9.88 Å². The average molecular weight is 417 g/mol. The van der Waals surface area contributed by atoms with Gasteiger partial charge in [-0.05, 0) is 66.1 Å². The molecule has 3 aromatic rings. The highest BCUT2D eigenvalue weighted by Gasteiger charge is 2.35. The third-order valence-corrected chi connectivity index (χ3v) is 5.49. The number of rotatable bonds is 4. The summed E-state index contributed by atoms with van der Waals surface area (Å²) in [6.07, 6.45) is 3.91. The molecule has 6 nitrogen and oxygen atoms in total. The summed E-state index contributed by atoms with van der Waals surface area (Å²) in [5.74, 6) is -1.16. The third-order valence-electron chi connectivity index (χ3n) is 5.49. The molecule has 31 heavy (non-hydrogen) atoms. The van der Waals surface area contributed by atoms with Crippen molar-refractivity contribution in [1.29, 1.82) is 0 Å². The van der Waals surface area contributed by atoms with Gasteiger partial charge in [0.15, 0.2) is 0 Å². The van der Waals surface area contributed by atoms with E-state index in [0.717, 1.165) is 17.2 Å². The second-order valence-electron chi connectivity index (χ2n) is 7.48. The molecule has 2 aromatic carbocycles. The van der Waals surface area contributed by atoms with Crippen LogP contribution >= 0.6 is 0 Å². The molecule has 1 aliphatic heterocycles. The van der Waals surface area contributed by atoms with Crippen molar-refractivity contribution in [2.75, 3.05) is 11.9 Å². The Balaban J connectivity index is 1.76. The van der Waals surface area contributed by atoms with Crippen LogP contribution < -0.4 is 4.90 Å². The van der Waals surface area contributed by atoms with Crippen LogP contribution in [0.3, 0.4) is 0 Å². The highest BCUT2D eigenvalue weighted by molar-refractivity contribution is 6.11. The summed E-state index contributed by atoms with van der Waals surface area (Å²) in [7, 11) is 1.64. The molecule has 1 aromatic heterocycles. The molecule has 7 heteroatoms. The standard InChI is InChI=1S/C24H20FN3O3/c1-15-23(30)27(2)22-12-19(18-5-7-26-8-6-18)3-4-21(22)24(31)28(15)13-16-9-17(14-29)11-20(25)10-16/h3-12,14-15H,13H2,1-2H3/t15-/m1/s1. The van der Waals surface area contributed by atoms with E-state index in [2.05, 4.69) is 4.98 Å². The predicted molar refractivity (Wildman–Crippen MR) is 114 cm³/mol. The average Bonchev–Trinajstić information content (AvgIpc) is 2.85. The van der Waals surface area contributed by atoms with E-state index >= 15 is 0 Å². The van der Waals surface area contributed by atoms with Crippen molar-refractivity contribution in [2.24, 2.45) is 0 Å². The lowest BCUT2D eigenvalue weighted by atomic mass is 10.0. The Labute approximate surface area is 178 Å². The van der Waals surface area contributed by atoms with E-state index in [9.17, 15) is 18.8 Å². The van der Waals surface area contributed by atoms with Gasteiger partial charge in [-0.2, -0.15) is 0 Å². The molecule has 0 bridgehead atoms. The van der Waals surface area contributed by atoms with E-state index < -0.39 is 11.9 Å². The van der Waals surface area contributed by atoms with Gasteiger partial charge < -0.3 is 9.80 Å². The van der Waals surface area contributed by atoms with Crippen molar-refractivity contribution in [3.05, 3.63) is 83.4 Å². The van der Waals surface area contributed by atoms with E-state index in [-0.39, 0.29) is 23.9 Å². The number of benzene rings is 2. The summed E-state index contributed by atoms with van der Waals surface area (Å²) in [5.41, 5.74) is 3.28. The number of aldehydes is 1. The molecule has 0 saturated carbocycles. The molecular weight excluding hydrogens is 397 g/mol. The first-order chi connectivity index (χ1) is 14.9. The SMILES string of the molecule is C[C@@H]1C(=O)N(C)c2cc(-c3ccncc3)ccc2C(=O)N1Cc1cc(F)cc(C=O)c1. The van der Waals surface area contributed by atoms with Crippen LogP contribution in [0.15, 0.2) is 60.9 Å². The molecule has 1 aliphatic rings. The second-order valence-corrected chi connectivity index (χ2v) is 7.48. The van der Waals surface area contributed by atoms with E-state index in [0.29, 0.717) is 23.1 Å². The van der Waals surface area contributed by atoms with E-state index in [1.54, 1.807) is 32.4 Å². The fourth-order valence-electron chi connectivity index (χ4n) is 3.82. The number of aromatic nitrogens is 1. The first-order valence-electron chi connectivity index (χ1n) is 9.76. The number of hydrogen-bond donors (Lipinski definition) is 0. The molecule has 0 aliphatic carbocycles. The maximum atomic E-state index is 13.9. The molecule has 0 saturated heterocycles. The highest BCUT2D eigenvalue weighted by atomic mass is 19.1. The van der Waals surface area contributed by atoms with Gasteiger partial charge in [-0.3, -0.25) is 19.4 Å². The summed E-state index contributed by atoms with van der Waals surface area (Å²) in [6.45, 7) is 1.65. The quantitative estimate of drug-likeness (QED) is 0.607. The van der Waals surface area contributed by atoms with Crippen LogP contribution in [0.1, 0.15) is 33.2 Å². The van der Waals surface area contributed by atoms with E-state index in [1.807, 2.05) is 24.3 Å². The van der Waals surface area contributed by atoms with Crippen molar-refractivity contribution in [3.8, 4) is 11.1 Å². The fraction of sp³-hybridized carbons (Fsp3) is 0.167. The lowest BCUT2D eigenvalue weighted by Crippen LogP contribution is -2.45. The molecule has 4 rings (SSSR count). The summed E-state index contributed by atoms with van der Waals surface area (Å²) in [5, 5.41) is 0. The number of fused-ring (bicyclic) bond motifs is 1. The molecule has 0 N–H and O–H groups in total. The van der Waals surface area contributed by atoms with Gasteiger partial charge in [0.05, 0.1) is 11.3 Å². The number of anilines is 1. The minimum absolute atomic E-state index is 0.00370. The Morgan fingerprint density at radius 1 is 1.03 bits per heavy atom. The molecule has 2 heterocycles. The van der Waals surface area contributed by atoms with Crippen LogP contribution in [0.2, 0.25) is 0 Å². The van der Waals surface area contributed by atoms with Crippen molar-refractivity contribution in [2.45, 2.75) is 19.5 Å². The summed E-state index contributed by atoms with van der Waals surface area (Å²) in [4.78, 5) is 44.5. The first kappa shape index (κ1) is 20.4. The zero-order chi connectivity index (χ0) is 22.1. The number of carbonyl (C=O) groups is 3. The lowest BCUT2D eigenvalue weighted by molar-refractivity contribution is -0.122. The second kappa shape index (κ2) is 8.10. The summed E-state index contributed by atoms with van der Waals surface area (Å²) >= 11 is 0. The van der Waals surface area contributed by atoms with Crippen LogP contribution in [-0.2, 0) is 11.3 Å². The van der Waals surface area contributed by atoms with Crippen molar-refractivity contribution >= 4 is 23.8 Å². The number of hydrogen-bond acceptors (Lipinski definition) is 4. The zero-order valence-corrected chi connectivity index (χ0v) is 17.1. The monoisotopic (exact) mass is 417 g/mol. The van der Waals surface area contributed by atoms with Gasteiger partial charge in [-0.1, -0.05) is 6.07 Å². The number of carbonyl (C=O) groups excluding carboxylic acids is 3. The van der Waals surface area contributed by atoms with Crippen LogP contribution in [0.5, 0.6) is 0 Å². The Kier molecular flexibility index (Phi) is 5.33. The first-order valence-corrected chi connectivity index (χ1v) is 9.76. The van der Waals surface area contributed by atoms with Gasteiger partial charge >= 0.3 is 0 Å². The normalized spacial score (nSPS) is 16.2. The minimum Gasteiger partial charge on any atom is -0.322 e. The van der Waals surface area contributed by atoms with Crippen molar-refractivity contribution < 1.29 is 18.8 Å².